The van der Waals surface area contributed by atoms with Gasteiger partial charge >= 0.3 is 0 Å². The molecule has 1 fully saturated rings. The zero-order valence-corrected chi connectivity index (χ0v) is 10.3. The van der Waals surface area contributed by atoms with Crippen molar-refractivity contribution < 1.29 is 0 Å². The minimum Gasteiger partial charge on any atom is -0.0890 e. The Morgan fingerprint density at radius 3 is 2.33 bits per heavy atom. The van der Waals surface area contributed by atoms with Crippen LogP contribution in [0.15, 0.2) is 0 Å². The minimum absolute atomic E-state index is 0.756. The van der Waals surface area contributed by atoms with Gasteiger partial charge in [-0.3, -0.25) is 0 Å². The van der Waals surface area contributed by atoms with E-state index in [1.807, 2.05) is 0 Å². The molecule has 0 bridgehead atoms. The quantitative estimate of drug-likeness (QED) is 0.454. The van der Waals surface area contributed by atoms with Gasteiger partial charge in [-0.2, -0.15) is 0 Å². The number of alkyl halides is 3. The van der Waals surface area contributed by atoms with Crippen molar-refractivity contribution in [2.24, 2.45) is 0 Å². The van der Waals surface area contributed by atoms with Crippen LogP contribution in [-0.2, 0) is 0 Å². The maximum atomic E-state index is 3.65. The minimum atomic E-state index is 0.756. The molecule has 0 aromatic carbocycles. The molecular weight excluding hydrogens is 359 g/mol. The van der Waals surface area contributed by atoms with Crippen LogP contribution in [0.1, 0.15) is 19.3 Å². The molecule has 0 radical (unpaired) electrons. The summed E-state index contributed by atoms with van der Waals surface area (Å²) in [4.78, 5) is 1.53. The smallest absolute Gasteiger partial charge is 0.0264 e. The zero-order chi connectivity index (χ0) is 6.85. The van der Waals surface area contributed by atoms with Gasteiger partial charge in [-0.15, -0.1) is 0 Å². The molecule has 54 valence electrons. The van der Waals surface area contributed by atoms with Crippen molar-refractivity contribution in [1.29, 1.82) is 0 Å². The van der Waals surface area contributed by atoms with Crippen LogP contribution in [0.3, 0.4) is 0 Å². The van der Waals surface area contributed by atoms with Gasteiger partial charge < -0.3 is 0 Å². The zero-order valence-electron chi connectivity index (χ0n) is 4.99. The molecule has 3 heteroatoms. The Hall–Kier alpha value is 1.69. The lowest BCUT2D eigenvalue weighted by molar-refractivity contribution is 0.564. The lowest BCUT2D eigenvalue weighted by atomic mass is 10.0. The second kappa shape index (κ2) is 3.90. The second-order valence-electron chi connectivity index (χ2n) is 2.44. The van der Waals surface area contributed by atoms with Crippen LogP contribution in [0.25, 0.3) is 0 Å². The van der Waals surface area contributed by atoms with E-state index in [2.05, 4.69) is 54.5 Å². The Balaban J connectivity index is 2.35. The summed E-state index contributed by atoms with van der Waals surface area (Å²) in [6, 6.07) is 0. The molecule has 0 aromatic heterocycles. The monoisotopic (exact) mass is 366 g/mol. The van der Waals surface area contributed by atoms with Crippen molar-refractivity contribution in [1.82, 2.24) is 0 Å². The molecule has 3 unspecified atom stereocenters. The highest BCUT2D eigenvalue weighted by atomic mass is 127. The molecule has 1 aliphatic carbocycles. The average Bonchev–Trinajstić information content (AvgIpc) is 1.80. The Bertz CT molecular complexity index is 97.1. The molecule has 0 spiro atoms. The molecule has 0 nitrogen and oxygen atoms in total. The SMILES string of the molecule is BrC1CCC(Br)C(I)C1. The summed E-state index contributed by atoms with van der Waals surface area (Å²) in [6.07, 6.45) is 3.97. The normalized spacial score (nSPS) is 45.0. The van der Waals surface area contributed by atoms with E-state index in [0.717, 1.165) is 13.6 Å². The van der Waals surface area contributed by atoms with Gasteiger partial charge in [-0.25, -0.2) is 0 Å². The first-order valence-corrected chi connectivity index (χ1v) is 6.20. The summed E-state index contributed by atoms with van der Waals surface area (Å²) in [5.74, 6) is 0. The van der Waals surface area contributed by atoms with Gasteiger partial charge in [0.1, 0.15) is 0 Å². The fourth-order valence-corrected chi connectivity index (χ4v) is 3.85. The van der Waals surface area contributed by atoms with Crippen molar-refractivity contribution in [3.05, 3.63) is 0 Å². The Kier molecular flexibility index (Phi) is 3.81. The molecular formula is C6H9Br2I. The summed E-state index contributed by atoms with van der Waals surface area (Å²) < 4.78 is 0.820. The van der Waals surface area contributed by atoms with Gasteiger partial charge in [-0.05, 0) is 19.3 Å². The first kappa shape index (κ1) is 8.78. The third kappa shape index (κ3) is 2.66. The van der Waals surface area contributed by atoms with Gasteiger partial charge in [0.2, 0.25) is 0 Å². The molecule has 3 atom stereocenters. The van der Waals surface area contributed by atoms with E-state index in [1.165, 1.54) is 19.3 Å². The van der Waals surface area contributed by atoms with Crippen LogP contribution >= 0.6 is 54.5 Å². The van der Waals surface area contributed by atoms with E-state index in [4.69, 9.17) is 0 Å². The van der Waals surface area contributed by atoms with E-state index in [1.54, 1.807) is 0 Å². The largest absolute Gasteiger partial charge is 0.0890 e. The summed E-state index contributed by atoms with van der Waals surface area (Å²) in [5.41, 5.74) is 0. The molecule has 1 saturated carbocycles. The standard InChI is InChI=1S/C6H9Br2I/c7-4-1-2-5(8)6(9)3-4/h4-6H,1-3H2. The van der Waals surface area contributed by atoms with Gasteiger partial charge in [0, 0.05) is 13.6 Å². The number of halogens is 3. The highest BCUT2D eigenvalue weighted by Crippen LogP contribution is 2.33. The van der Waals surface area contributed by atoms with Crippen LogP contribution in [0.5, 0.6) is 0 Å². The third-order valence-electron chi connectivity index (χ3n) is 1.63. The van der Waals surface area contributed by atoms with Crippen molar-refractivity contribution in [2.45, 2.75) is 32.8 Å². The number of hydrogen-bond donors (Lipinski definition) is 0. The maximum Gasteiger partial charge on any atom is 0.0264 e. The highest BCUT2D eigenvalue weighted by molar-refractivity contribution is 14.1. The van der Waals surface area contributed by atoms with Gasteiger partial charge in [-0.1, -0.05) is 54.5 Å². The van der Waals surface area contributed by atoms with E-state index < -0.39 is 0 Å². The number of hydrogen-bond acceptors (Lipinski definition) is 0. The summed E-state index contributed by atoms with van der Waals surface area (Å²) in [5, 5.41) is 0. The maximum absolute atomic E-state index is 3.65. The van der Waals surface area contributed by atoms with E-state index in [9.17, 15) is 0 Å². The first-order chi connectivity index (χ1) is 4.20. The highest BCUT2D eigenvalue weighted by Gasteiger charge is 2.24. The predicted octanol–water partition coefficient (Wildman–Crippen LogP) is 3.50. The molecule has 1 aliphatic rings. The van der Waals surface area contributed by atoms with Crippen molar-refractivity contribution in [2.75, 3.05) is 0 Å². The predicted molar refractivity (Wildman–Crippen MR) is 57.1 cm³/mol. The van der Waals surface area contributed by atoms with Crippen molar-refractivity contribution in [3.63, 3.8) is 0 Å². The van der Waals surface area contributed by atoms with Crippen LogP contribution in [0.4, 0.5) is 0 Å². The molecule has 1 rings (SSSR count). The summed E-state index contributed by atoms with van der Waals surface area (Å²) in [7, 11) is 0. The molecule has 0 aliphatic heterocycles. The number of rotatable bonds is 0. The van der Waals surface area contributed by atoms with E-state index in [-0.39, 0.29) is 0 Å². The fraction of sp³-hybridized carbons (Fsp3) is 1.00. The van der Waals surface area contributed by atoms with Crippen LogP contribution in [-0.4, -0.2) is 13.6 Å². The van der Waals surface area contributed by atoms with Gasteiger partial charge in [0.25, 0.3) is 0 Å². The molecule has 0 heterocycles. The summed E-state index contributed by atoms with van der Waals surface area (Å²) >= 11 is 9.80. The molecule has 0 amide bonds. The molecule has 0 saturated heterocycles. The Labute approximate surface area is 86.6 Å². The Morgan fingerprint density at radius 1 is 1.22 bits per heavy atom. The van der Waals surface area contributed by atoms with E-state index in [0.29, 0.717) is 0 Å². The lowest BCUT2D eigenvalue weighted by Crippen LogP contribution is -2.24. The van der Waals surface area contributed by atoms with E-state index >= 15 is 0 Å². The topological polar surface area (TPSA) is 0 Å². The third-order valence-corrected chi connectivity index (χ3v) is 5.92. The average molecular weight is 368 g/mol. The first-order valence-electron chi connectivity index (χ1n) is 3.12. The van der Waals surface area contributed by atoms with Crippen molar-refractivity contribution in [3.8, 4) is 0 Å². The second-order valence-corrected chi connectivity index (χ2v) is 6.51. The van der Waals surface area contributed by atoms with Crippen LogP contribution < -0.4 is 0 Å². The summed E-state index contributed by atoms with van der Waals surface area (Å²) in [6.45, 7) is 0. The van der Waals surface area contributed by atoms with Crippen LogP contribution in [0.2, 0.25) is 0 Å². The molecule has 9 heavy (non-hydrogen) atoms. The van der Waals surface area contributed by atoms with Gasteiger partial charge in [0.05, 0.1) is 0 Å². The van der Waals surface area contributed by atoms with Gasteiger partial charge in [0.15, 0.2) is 0 Å². The fourth-order valence-electron chi connectivity index (χ4n) is 1.03. The molecule has 0 N–H and O–H groups in total. The van der Waals surface area contributed by atoms with Crippen molar-refractivity contribution >= 4 is 54.5 Å². The van der Waals surface area contributed by atoms with Crippen LogP contribution in [0, 0.1) is 0 Å². The Morgan fingerprint density at radius 2 is 1.89 bits per heavy atom. The molecule has 0 aromatic rings. The lowest BCUT2D eigenvalue weighted by Gasteiger charge is -2.25.